The maximum Gasteiger partial charge on any atom is 0.254 e. The Labute approximate surface area is 107 Å². The van der Waals surface area contributed by atoms with Crippen LogP contribution in [-0.2, 0) is 0 Å². The molecule has 1 amide bonds. The molecule has 0 radical (unpaired) electrons. The normalized spacial score (nSPS) is 23.8. The number of ether oxygens (including phenoxy) is 1. The average Bonchev–Trinajstić information content (AvgIpc) is 2.37. The maximum absolute atomic E-state index is 13.9. The van der Waals surface area contributed by atoms with Crippen LogP contribution in [0.4, 0.5) is 4.39 Å². The lowest BCUT2D eigenvalue weighted by atomic mass is 9.96. The second-order valence-corrected chi connectivity index (χ2v) is 4.98. The van der Waals surface area contributed by atoms with Crippen LogP contribution in [0.3, 0.4) is 0 Å². The maximum atomic E-state index is 13.9. The number of carbonyl (C=O) groups excluding carboxylic acids is 1. The molecule has 1 aromatic carbocycles. The van der Waals surface area contributed by atoms with Crippen LogP contribution < -0.4 is 4.74 Å². The molecule has 0 N–H and O–H groups in total. The molecule has 3 nitrogen and oxygen atoms in total. The van der Waals surface area contributed by atoms with E-state index in [1.807, 2.05) is 0 Å². The van der Waals surface area contributed by atoms with Crippen molar-refractivity contribution in [2.45, 2.75) is 25.4 Å². The van der Waals surface area contributed by atoms with Crippen LogP contribution in [0, 0.1) is 0 Å². The van der Waals surface area contributed by atoms with E-state index in [9.17, 15) is 9.18 Å². The highest BCUT2D eigenvalue weighted by Crippen LogP contribution is 2.26. The molecular weight excluding hydrogens is 233 g/mol. The zero-order valence-electron chi connectivity index (χ0n) is 10.8. The number of hydrogen-bond acceptors (Lipinski definition) is 2. The van der Waals surface area contributed by atoms with E-state index in [1.54, 1.807) is 43.2 Å². The van der Waals surface area contributed by atoms with Gasteiger partial charge in [0.1, 0.15) is 11.4 Å². The van der Waals surface area contributed by atoms with E-state index in [-0.39, 0.29) is 12.5 Å². The van der Waals surface area contributed by atoms with Crippen molar-refractivity contribution >= 4 is 5.91 Å². The molecular formula is C14H18FNO2. The van der Waals surface area contributed by atoms with Gasteiger partial charge in [-0.2, -0.15) is 0 Å². The van der Waals surface area contributed by atoms with Gasteiger partial charge >= 0.3 is 0 Å². The fourth-order valence-electron chi connectivity index (χ4n) is 2.31. The first-order valence-electron chi connectivity index (χ1n) is 6.14. The molecule has 0 saturated carbocycles. The summed E-state index contributed by atoms with van der Waals surface area (Å²) < 4.78 is 19.0. The van der Waals surface area contributed by atoms with Gasteiger partial charge in [-0.1, -0.05) is 6.07 Å². The van der Waals surface area contributed by atoms with Crippen molar-refractivity contribution in [1.29, 1.82) is 0 Å². The molecule has 98 valence electrons. The van der Waals surface area contributed by atoms with Crippen molar-refractivity contribution in [2.75, 3.05) is 20.2 Å². The third kappa shape index (κ3) is 2.81. The summed E-state index contributed by atoms with van der Waals surface area (Å²) in [5.74, 6) is 0.512. The van der Waals surface area contributed by atoms with Gasteiger partial charge in [0.2, 0.25) is 0 Å². The molecule has 1 saturated heterocycles. The number of nitrogens with zero attached hydrogens (tertiary/aromatic N) is 1. The number of alkyl halides is 1. The number of halogens is 1. The topological polar surface area (TPSA) is 29.5 Å². The van der Waals surface area contributed by atoms with Crippen molar-refractivity contribution in [2.24, 2.45) is 0 Å². The zero-order chi connectivity index (χ0) is 13.2. The van der Waals surface area contributed by atoms with Crippen LogP contribution >= 0.6 is 0 Å². The fourth-order valence-corrected chi connectivity index (χ4v) is 2.31. The van der Waals surface area contributed by atoms with Gasteiger partial charge in [-0.25, -0.2) is 4.39 Å². The van der Waals surface area contributed by atoms with Crippen molar-refractivity contribution in [1.82, 2.24) is 4.90 Å². The Hall–Kier alpha value is -1.58. The summed E-state index contributed by atoms with van der Waals surface area (Å²) >= 11 is 0. The molecule has 4 heteroatoms. The molecule has 0 aromatic heterocycles. The van der Waals surface area contributed by atoms with Crippen LogP contribution in [0.1, 0.15) is 30.1 Å². The molecule has 0 unspecified atom stereocenters. The second kappa shape index (κ2) is 4.96. The van der Waals surface area contributed by atoms with Crippen LogP contribution in [0.5, 0.6) is 5.75 Å². The van der Waals surface area contributed by atoms with E-state index in [1.165, 1.54) is 0 Å². The van der Waals surface area contributed by atoms with Gasteiger partial charge in [0, 0.05) is 12.1 Å². The molecule has 1 heterocycles. The van der Waals surface area contributed by atoms with Crippen molar-refractivity contribution < 1.29 is 13.9 Å². The third-order valence-corrected chi connectivity index (χ3v) is 3.25. The Morgan fingerprint density at radius 3 is 2.94 bits per heavy atom. The van der Waals surface area contributed by atoms with Gasteiger partial charge in [0.15, 0.2) is 0 Å². The summed E-state index contributed by atoms with van der Waals surface area (Å²) in [6, 6.07) is 6.97. The van der Waals surface area contributed by atoms with Gasteiger partial charge < -0.3 is 9.64 Å². The Morgan fingerprint density at radius 1 is 1.50 bits per heavy atom. The van der Waals surface area contributed by atoms with Crippen molar-refractivity contribution in [3.8, 4) is 5.75 Å². The first kappa shape index (κ1) is 12.9. The van der Waals surface area contributed by atoms with E-state index >= 15 is 0 Å². The Kier molecular flexibility index (Phi) is 3.55. The lowest BCUT2D eigenvalue weighted by Gasteiger charge is -2.35. The number of methoxy groups -OCH3 is 1. The number of benzene rings is 1. The van der Waals surface area contributed by atoms with Gasteiger partial charge in [-0.15, -0.1) is 0 Å². The Bertz CT molecular complexity index is 445. The van der Waals surface area contributed by atoms with Crippen LogP contribution in [0.25, 0.3) is 0 Å². The summed E-state index contributed by atoms with van der Waals surface area (Å²) in [6.45, 7) is 2.34. The average molecular weight is 251 g/mol. The number of piperidine rings is 1. The Balaban J connectivity index is 2.15. The molecule has 0 bridgehead atoms. The van der Waals surface area contributed by atoms with E-state index < -0.39 is 5.67 Å². The van der Waals surface area contributed by atoms with E-state index in [2.05, 4.69) is 0 Å². The SMILES string of the molecule is COc1cccc(C(=O)N2CCC[C@@](C)(F)C2)c1. The predicted octanol–water partition coefficient (Wildman–Crippen LogP) is 2.66. The molecule has 1 aromatic rings. The minimum Gasteiger partial charge on any atom is -0.497 e. The summed E-state index contributed by atoms with van der Waals surface area (Å²) in [7, 11) is 1.56. The standard InChI is InChI=1S/C14H18FNO2/c1-14(15)7-4-8-16(10-14)13(17)11-5-3-6-12(9-11)18-2/h3,5-6,9H,4,7-8,10H2,1-2H3/t14-/m1/s1. The van der Waals surface area contributed by atoms with Gasteiger partial charge in [0.05, 0.1) is 13.7 Å². The van der Waals surface area contributed by atoms with Crippen LogP contribution in [0.15, 0.2) is 24.3 Å². The van der Waals surface area contributed by atoms with Crippen molar-refractivity contribution in [3.05, 3.63) is 29.8 Å². The molecule has 0 spiro atoms. The highest BCUT2D eigenvalue weighted by molar-refractivity contribution is 5.94. The number of likely N-dealkylation sites (tertiary alicyclic amines) is 1. The predicted molar refractivity (Wildman–Crippen MR) is 67.6 cm³/mol. The van der Waals surface area contributed by atoms with Gasteiger partial charge in [-0.3, -0.25) is 4.79 Å². The second-order valence-electron chi connectivity index (χ2n) is 4.98. The van der Waals surface area contributed by atoms with Crippen LogP contribution in [-0.4, -0.2) is 36.7 Å². The molecule has 0 aliphatic carbocycles. The van der Waals surface area contributed by atoms with E-state index in [0.29, 0.717) is 30.7 Å². The number of hydrogen-bond donors (Lipinski definition) is 0. The van der Waals surface area contributed by atoms with E-state index in [4.69, 9.17) is 4.74 Å². The lowest BCUT2D eigenvalue weighted by Crippen LogP contribution is -2.46. The molecule has 1 fully saturated rings. The van der Waals surface area contributed by atoms with Crippen LogP contribution in [0.2, 0.25) is 0 Å². The lowest BCUT2D eigenvalue weighted by molar-refractivity contribution is 0.0417. The van der Waals surface area contributed by atoms with Gasteiger partial charge in [-0.05, 0) is 38.0 Å². The van der Waals surface area contributed by atoms with Crippen molar-refractivity contribution in [3.63, 3.8) is 0 Å². The largest absolute Gasteiger partial charge is 0.497 e. The number of amides is 1. The smallest absolute Gasteiger partial charge is 0.254 e. The first-order valence-corrected chi connectivity index (χ1v) is 6.14. The molecule has 2 rings (SSSR count). The molecule has 18 heavy (non-hydrogen) atoms. The third-order valence-electron chi connectivity index (χ3n) is 3.25. The minimum atomic E-state index is -1.27. The molecule has 1 aliphatic rings. The highest BCUT2D eigenvalue weighted by Gasteiger charge is 2.33. The minimum absolute atomic E-state index is 0.127. The summed E-state index contributed by atoms with van der Waals surface area (Å²) in [6.07, 6.45) is 1.23. The zero-order valence-corrected chi connectivity index (χ0v) is 10.8. The number of rotatable bonds is 2. The summed E-state index contributed by atoms with van der Waals surface area (Å²) in [5, 5.41) is 0. The number of carbonyl (C=O) groups is 1. The Morgan fingerprint density at radius 2 is 2.28 bits per heavy atom. The molecule has 1 atom stereocenters. The van der Waals surface area contributed by atoms with E-state index in [0.717, 1.165) is 0 Å². The summed E-state index contributed by atoms with van der Waals surface area (Å²) in [4.78, 5) is 13.8. The monoisotopic (exact) mass is 251 g/mol. The first-order chi connectivity index (χ1) is 8.52. The van der Waals surface area contributed by atoms with Gasteiger partial charge in [0.25, 0.3) is 5.91 Å². The fraction of sp³-hybridized carbons (Fsp3) is 0.500. The molecule has 1 aliphatic heterocycles. The highest BCUT2D eigenvalue weighted by atomic mass is 19.1. The quantitative estimate of drug-likeness (QED) is 0.808. The summed E-state index contributed by atoms with van der Waals surface area (Å²) in [5.41, 5.74) is -0.723.